The Bertz CT molecular complexity index is 475. The van der Waals surface area contributed by atoms with Crippen molar-refractivity contribution in [1.29, 1.82) is 0 Å². The van der Waals surface area contributed by atoms with Crippen LogP contribution >= 0.6 is 0 Å². The maximum absolute atomic E-state index is 11.7. The number of aryl methyl sites for hydroxylation is 1. The Morgan fingerprint density at radius 1 is 1.19 bits per heavy atom. The lowest BCUT2D eigenvalue weighted by Gasteiger charge is -2.22. The van der Waals surface area contributed by atoms with Crippen molar-refractivity contribution in [1.82, 2.24) is 15.3 Å². The van der Waals surface area contributed by atoms with Crippen molar-refractivity contribution in [3.8, 4) is 0 Å². The van der Waals surface area contributed by atoms with E-state index in [1.807, 2.05) is 32.7 Å². The van der Waals surface area contributed by atoms with E-state index in [0.717, 1.165) is 42.4 Å². The fraction of sp³-hybridized carbons (Fsp3) is 0.667. The predicted octanol–water partition coefficient (Wildman–Crippen LogP) is 1.74. The molecule has 1 rings (SSSR count). The summed E-state index contributed by atoms with van der Waals surface area (Å²) in [6, 6.07) is 0. The molecule has 1 aromatic rings. The first kappa shape index (κ1) is 17.2. The Balaban J connectivity index is 3.04. The van der Waals surface area contributed by atoms with Gasteiger partial charge in [0.25, 0.3) is 0 Å². The van der Waals surface area contributed by atoms with Crippen LogP contribution in [0.5, 0.6) is 0 Å². The topological polar surface area (TPSA) is 70.2 Å². The van der Waals surface area contributed by atoms with Crippen molar-refractivity contribution < 1.29 is 4.79 Å². The number of hydrogen-bond acceptors (Lipinski definition) is 5. The molecule has 2 N–H and O–H groups in total. The van der Waals surface area contributed by atoms with Crippen LogP contribution in [0.15, 0.2) is 0 Å². The average Bonchev–Trinajstić information content (AvgIpc) is 2.42. The van der Waals surface area contributed by atoms with Gasteiger partial charge in [-0.1, -0.05) is 6.92 Å². The fourth-order valence-electron chi connectivity index (χ4n) is 2.14. The number of carbonyl (C=O) groups excluding carboxylic acids is 1. The van der Waals surface area contributed by atoms with Crippen molar-refractivity contribution in [3.05, 3.63) is 11.4 Å². The summed E-state index contributed by atoms with van der Waals surface area (Å²) in [5, 5.41) is 6.08. The largest absolute Gasteiger partial charge is 0.370 e. The fourth-order valence-corrected chi connectivity index (χ4v) is 2.14. The molecule has 21 heavy (non-hydrogen) atoms. The molecule has 6 heteroatoms. The number of aromatic nitrogens is 2. The van der Waals surface area contributed by atoms with Crippen LogP contribution in [0.2, 0.25) is 0 Å². The molecule has 6 nitrogen and oxygen atoms in total. The zero-order chi connectivity index (χ0) is 15.8. The van der Waals surface area contributed by atoms with Gasteiger partial charge >= 0.3 is 0 Å². The van der Waals surface area contributed by atoms with Crippen molar-refractivity contribution in [3.63, 3.8) is 0 Å². The van der Waals surface area contributed by atoms with Gasteiger partial charge in [0, 0.05) is 32.1 Å². The van der Waals surface area contributed by atoms with Gasteiger partial charge in [0.05, 0.1) is 6.54 Å². The molecule has 118 valence electrons. The average molecular weight is 293 g/mol. The first-order valence-electron chi connectivity index (χ1n) is 7.62. The summed E-state index contributed by atoms with van der Waals surface area (Å²) >= 11 is 0. The minimum absolute atomic E-state index is 0.0000504. The summed E-state index contributed by atoms with van der Waals surface area (Å²) in [4.78, 5) is 22.8. The van der Waals surface area contributed by atoms with Crippen LogP contribution in [0.25, 0.3) is 0 Å². The minimum atomic E-state index is 0.0000504. The molecule has 0 aliphatic heterocycles. The number of nitrogens with one attached hydrogen (secondary N) is 2. The van der Waals surface area contributed by atoms with Gasteiger partial charge in [-0.25, -0.2) is 9.97 Å². The van der Waals surface area contributed by atoms with Crippen molar-refractivity contribution in [2.75, 3.05) is 36.9 Å². The summed E-state index contributed by atoms with van der Waals surface area (Å²) < 4.78 is 0. The number of rotatable bonds is 8. The molecule has 0 spiro atoms. The lowest BCUT2D eigenvalue weighted by Crippen LogP contribution is -2.36. The highest BCUT2D eigenvalue weighted by atomic mass is 16.2. The molecular formula is C15H27N5O. The SMILES string of the molecule is CCCc1nc(NCC)c(C)c(N(C)CC(=O)NCC)n1. The number of nitrogens with zero attached hydrogens (tertiary/aromatic N) is 3. The quantitative estimate of drug-likeness (QED) is 0.764. The van der Waals surface area contributed by atoms with E-state index in [2.05, 4.69) is 27.5 Å². The lowest BCUT2D eigenvalue weighted by molar-refractivity contribution is -0.119. The summed E-state index contributed by atoms with van der Waals surface area (Å²) in [7, 11) is 1.88. The molecule has 1 aromatic heterocycles. The van der Waals surface area contributed by atoms with Gasteiger partial charge in [-0.05, 0) is 27.2 Å². The third-order valence-corrected chi connectivity index (χ3v) is 3.10. The third kappa shape index (κ3) is 4.88. The molecule has 0 atom stereocenters. The Morgan fingerprint density at radius 3 is 2.48 bits per heavy atom. The van der Waals surface area contributed by atoms with Gasteiger partial charge in [0.2, 0.25) is 5.91 Å². The van der Waals surface area contributed by atoms with Gasteiger partial charge in [-0.3, -0.25) is 4.79 Å². The van der Waals surface area contributed by atoms with Gasteiger partial charge in [0.15, 0.2) is 0 Å². The van der Waals surface area contributed by atoms with Crippen LogP contribution < -0.4 is 15.5 Å². The van der Waals surface area contributed by atoms with E-state index >= 15 is 0 Å². The highest BCUT2D eigenvalue weighted by molar-refractivity contribution is 5.81. The van der Waals surface area contributed by atoms with E-state index in [1.54, 1.807) is 0 Å². The molecular weight excluding hydrogens is 266 g/mol. The standard InChI is InChI=1S/C15H27N5O/c1-6-9-12-18-14(17-8-3)11(4)15(19-12)20(5)10-13(21)16-7-2/h6-10H2,1-5H3,(H,16,21)(H,17,18,19). The molecule has 0 saturated carbocycles. The summed E-state index contributed by atoms with van der Waals surface area (Å²) in [5.74, 6) is 2.49. The second-order valence-corrected chi connectivity index (χ2v) is 5.03. The molecule has 0 unspecified atom stereocenters. The predicted molar refractivity (Wildman–Crippen MR) is 86.9 cm³/mol. The molecule has 0 aliphatic carbocycles. The molecule has 0 radical (unpaired) electrons. The zero-order valence-corrected chi connectivity index (χ0v) is 13.8. The van der Waals surface area contributed by atoms with Crippen LogP contribution in [0, 0.1) is 6.92 Å². The zero-order valence-electron chi connectivity index (χ0n) is 13.8. The van der Waals surface area contributed by atoms with E-state index < -0.39 is 0 Å². The third-order valence-electron chi connectivity index (χ3n) is 3.10. The van der Waals surface area contributed by atoms with Crippen LogP contribution in [0.1, 0.15) is 38.6 Å². The Kier molecular flexibility index (Phi) is 6.91. The first-order chi connectivity index (χ1) is 10.0. The van der Waals surface area contributed by atoms with E-state index in [4.69, 9.17) is 0 Å². The van der Waals surface area contributed by atoms with Gasteiger partial charge in [-0.15, -0.1) is 0 Å². The van der Waals surface area contributed by atoms with Crippen molar-refractivity contribution >= 4 is 17.5 Å². The van der Waals surface area contributed by atoms with Crippen LogP contribution in [-0.4, -0.2) is 42.6 Å². The number of anilines is 2. The van der Waals surface area contributed by atoms with Gasteiger partial charge in [-0.2, -0.15) is 0 Å². The Morgan fingerprint density at radius 2 is 1.90 bits per heavy atom. The minimum Gasteiger partial charge on any atom is -0.370 e. The lowest BCUT2D eigenvalue weighted by atomic mass is 10.2. The number of carbonyl (C=O) groups is 1. The molecule has 1 heterocycles. The molecule has 1 amide bonds. The second-order valence-electron chi connectivity index (χ2n) is 5.03. The smallest absolute Gasteiger partial charge is 0.239 e. The highest BCUT2D eigenvalue weighted by Crippen LogP contribution is 2.23. The monoisotopic (exact) mass is 293 g/mol. The molecule has 0 saturated heterocycles. The Hall–Kier alpha value is -1.85. The van der Waals surface area contributed by atoms with Gasteiger partial charge < -0.3 is 15.5 Å². The molecule has 0 fully saturated rings. The first-order valence-corrected chi connectivity index (χ1v) is 7.62. The number of hydrogen-bond donors (Lipinski definition) is 2. The van der Waals surface area contributed by atoms with Gasteiger partial charge in [0.1, 0.15) is 17.5 Å². The summed E-state index contributed by atoms with van der Waals surface area (Å²) in [6.07, 6.45) is 1.83. The molecule has 0 aromatic carbocycles. The summed E-state index contributed by atoms with van der Waals surface area (Å²) in [5.41, 5.74) is 0.975. The van der Waals surface area contributed by atoms with Crippen LogP contribution in [-0.2, 0) is 11.2 Å². The van der Waals surface area contributed by atoms with E-state index in [-0.39, 0.29) is 5.91 Å². The molecule has 0 aliphatic rings. The summed E-state index contributed by atoms with van der Waals surface area (Å²) in [6.45, 7) is 9.78. The second kappa shape index (κ2) is 8.44. The van der Waals surface area contributed by atoms with Crippen LogP contribution in [0.3, 0.4) is 0 Å². The van der Waals surface area contributed by atoms with Crippen LogP contribution in [0.4, 0.5) is 11.6 Å². The van der Waals surface area contributed by atoms with E-state index in [9.17, 15) is 4.79 Å². The highest BCUT2D eigenvalue weighted by Gasteiger charge is 2.15. The maximum Gasteiger partial charge on any atom is 0.239 e. The molecule has 0 bridgehead atoms. The van der Waals surface area contributed by atoms with E-state index in [1.165, 1.54) is 0 Å². The number of amides is 1. The number of likely N-dealkylation sites (N-methyl/N-ethyl adjacent to an activating group) is 2. The normalized spacial score (nSPS) is 10.3. The van der Waals surface area contributed by atoms with E-state index in [0.29, 0.717) is 13.1 Å². The van der Waals surface area contributed by atoms with Crippen molar-refractivity contribution in [2.45, 2.75) is 40.5 Å². The van der Waals surface area contributed by atoms with Crippen molar-refractivity contribution in [2.24, 2.45) is 0 Å². The Labute approximate surface area is 127 Å². The maximum atomic E-state index is 11.7.